The molecule has 1 fully saturated rings. The number of nitrogens with two attached hydrogens (primary N) is 1. The normalized spacial score (nSPS) is 15.4. The van der Waals surface area contributed by atoms with Gasteiger partial charge in [0.05, 0.1) is 13.0 Å². The summed E-state index contributed by atoms with van der Waals surface area (Å²) in [6.07, 6.45) is 4.98. The number of likely N-dealkylation sites (tertiary alicyclic amines) is 1. The molecule has 5 nitrogen and oxygen atoms in total. The molecule has 7 heteroatoms. The van der Waals surface area contributed by atoms with Gasteiger partial charge in [-0.2, -0.15) is 0 Å². The van der Waals surface area contributed by atoms with Crippen molar-refractivity contribution >= 4 is 35.8 Å². The minimum atomic E-state index is -0.329. The number of halogens is 2. The maximum Gasteiger partial charge on any atom is 0.224 e. The van der Waals surface area contributed by atoms with Crippen LogP contribution in [0.5, 0.6) is 0 Å². The summed E-state index contributed by atoms with van der Waals surface area (Å²) in [5.41, 5.74) is 6.66. The van der Waals surface area contributed by atoms with Crippen LogP contribution >= 0.6 is 24.0 Å². The van der Waals surface area contributed by atoms with E-state index >= 15 is 0 Å². The smallest absolute Gasteiger partial charge is 0.224 e. The van der Waals surface area contributed by atoms with Crippen LogP contribution in [0.15, 0.2) is 29.3 Å². The van der Waals surface area contributed by atoms with E-state index in [2.05, 4.69) is 15.2 Å². The molecule has 2 rings (SSSR count). The van der Waals surface area contributed by atoms with Crippen LogP contribution in [0.25, 0.3) is 0 Å². The number of guanidine groups is 1. The summed E-state index contributed by atoms with van der Waals surface area (Å²) < 4.78 is 13.1. The van der Waals surface area contributed by atoms with Crippen molar-refractivity contribution in [3.63, 3.8) is 0 Å². The van der Waals surface area contributed by atoms with Crippen molar-refractivity contribution in [3.8, 4) is 0 Å². The Labute approximate surface area is 159 Å². The van der Waals surface area contributed by atoms with Crippen molar-refractivity contribution in [1.29, 1.82) is 0 Å². The first-order valence-electron chi connectivity index (χ1n) is 8.21. The molecular formula is C17H26FIN4O. The molecule has 1 aliphatic heterocycles. The highest BCUT2D eigenvalue weighted by atomic mass is 127. The Morgan fingerprint density at radius 1 is 1.25 bits per heavy atom. The van der Waals surface area contributed by atoms with Gasteiger partial charge in [0.15, 0.2) is 5.96 Å². The topological polar surface area (TPSA) is 70.7 Å². The monoisotopic (exact) mass is 448 g/mol. The summed E-state index contributed by atoms with van der Waals surface area (Å²) in [7, 11) is 0. The van der Waals surface area contributed by atoms with E-state index in [1.54, 1.807) is 12.1 Å². The van der Waals surface area contributed by atoms with Crippen LogP contribution < -0.4 is 11.1 Å². The number of nitrogens with one attached hydrogen (secondary N) is 1. The molecule has 24 heavy (non-hydrogen) atoms. The molecule has 0 bridgehead atoms. The fourth-order valence-electron chi connectivity index (χ4n) is 2.66. The van der Waals surface area contributed by atoms with E-state index in [0.29, 0.717) is 24.6 Å². The Hall–Kier alpha value is -1.38. The number of amides is 1. The van der Waals surface area contributed by atoms with Crippen molar-refractivity contribution in [2.45, 2.75) is 32.1 Å². The zero-order valence-electron chi connectivity index (χ0n) is 13.8. The predicted molar refractivity (Wildman–Crippen MR) is 105 cm³/mol. The molecule has 0 spiro atoms. The molecule has 0 aliphatic carbocycles. The SMILES string of the molecule is I.NC(=NCCNC(=O)Cc1cccc(F)c1)N1CCCCCC1. The number of benzene rings is 1. The summed E-state index contributed by atoms with van der Waals surface area (Å²) in [5.74, 6) is 0.0931. The Balaban J connectivity index is 0.00000288. The van der Waals surface area contributed by atoms with E-state index in [0.717, 1.165) is 25.9 Å². The Morgan fingerprint density at radius 2 is 1.96 bits per heavy atom. The number of rotatable bonds is 5. The number of hydrogen-bond donors (Lipinski definition) is 2. The molecular weight excluding hydrogens is 422 g/mol. The van der Waals surface area contributed by atoms with Crippen LogP contribution in [0, 0.1) is 5.82 Å². The van der Waals surface area contributed by atoms with Gasteiger partial charge in [0, 0.05) is 19.6 Å². The van der Waals surface area contributed by atoms with Gasteiger partial charge in [-0.05, 0) is 30.5 Å². The van der Waals surface area contributed by atoms with Crippen LogP contribution in [-0.2, 0) is 11.2 Å². The summed E-state index contributed by atoms with van der Waals surface area (Å²) >= 11 is 0. The van der Waals surface area contributed by atoms with Crippen LogP contribution in [0.1, 0.15) is 31.2 Å². The van der Waals surface area contributed by atoms with Gasteiger partial charge in [-0.1, -0.05) is 25.0 Å². The van der Waals surface area contributed by atoms with Crippen molar-refractivity contribution in [2.75, 3.05) is 26.2 Å². The highest BCUT2D eigenvalue weighted by molar-refractivity contribution is 14.0. The van der Waals surface area contributed by atoms with E-state index in [1.165, 1.54) is 25.0 Å². The molecule has 0 radical (unpaired) electrons. The number of carbonyl (C=O) groups excluding carboxylic acids is 1. The molecule has 1 amide bonds. The third-order valence-electron chi connectivity index (χ3n) is 3.89. The fraction of sp³-hybridized carbons (Fsp3) is 0.529. The van der Waals surface area contributed by atoms with Crippen LogP contribution in [0.2, 0.25) is 0 Å². The second kappa shape index (κ2) is 11.2. The zero-order valence-corrected chi connectivity index (χ0v) is 16.2. The lowest BCUT2D eigenvalue weighted by Gasteiger charge is -2.21. The van der Waals surface area contributed by atoms with Crippen molar-refractivity contribution in [3.05, 3.63) is 35.6 Å². The third kappa shape index (κ3) is 7.46. The molecule has 0 atom stereocenters. The predicted octanol–water partition coefficient (Wildman–Crippen LogP) is 2.29. The molecule has 1 aliphatic rings. The second-order valence-electron chi connectivity index (χ2n) is 5.80. The molecule has 3 N–H and O–H groups in total. The van der Waals surface area contributed by atoms with Crippen molar-refractivity contribution < 1.29 is 9.18 Å². The number of carbonyl (C=O) groups is 1. The minimum absolute atomic E-state index is 0. The summed E-state index contributed by atoms with van der Waals surface area (Å²) in [5, 5.41) is 2.78. The van der Waals surface area contributed by atoms with Crippen molar-refractivity contribution in [2.24, 2.45) is 10.7 Å². The zero-order chi connectivity index (χ0) is 16.5. The number of aliphatic imine (C=N–C) groups is 1. The maximum atomic E-state index is 13.1. The third-order valence-corrected chi connectivity index (χ3v) is 3.89. The molecule has 134 valence electrons. The van der Waals surface area contributed by atoms with Gasteiger partial charge < -0.3 is 16.0 Å². The molecule has 1 saturated heterocycles. The first-order valence-corrected chi connectivity index (χ1v) is 8.21. The first kappa shape index (κ1) is 20.7. The molecule has 0 aromatic heterocycles. The Morgan fingerprint density at radius 3 is 2.62 bits per heavy atom. The lowest BCUT2D eigenvalue weighted by Crippen LogP contribution is -2.38. The van der Waals surface area contributed by atoms with E-state index in [9.17, 15) is 9.18 Å². The van der Waals surface area contributed by atoms with Gasteiger partial charge in [-0.25, -0.2) is 4.39 Å². The summed E-state index contributed by atoms with van der Waals surface area (Å²) in [6.45, 7) is 2.81. The lowest BCUT2D eigenvalue weighted by atomic mass is 10.1. The highest BCUT2D eigenvalue weighted by Gasteiger charge is 2.10. The summed E-state index contributed by atoms with van der Waals surface area (Å²) in [4.78, 5) is 18.2. The van der Waals surface area contributed by atoms with Gasteiger partial charge in [0.1, 0.15) is 5.82 Å². The molecule has 1 aromatic carbocycles. The van der Waals surface area contributed by atoms with Crippen LogP contribution in [-0.4, -0.2) is 42.9 Å². The molecule has 0 saturated carbocycles. The minimum Gasteiger partial charge on any atom is -0.370 e. The average Bonchev–Trinajstić information content (AvgIpc) is 2.80. The maximum absolute atomic E-state index is 13.1. The van der Waals surface area contributed by atoms with Gasteiger partial charge in [-0.3, -0.25) is 9.79 Å². The lowest BCUT2D eigenvalue weighted by molar-refractivity contribution is -0.120. The van der Waals surface area contributed by atoms with Gasteiger partial charge in [-0.15, -0.1) is 24.0 Å². The average molecular weight is 448 g/mol. The van der Waals surface area contributed by atoms with Gasteiger partial charge >= 0.3 is 0 Å². The highest BCUT2D eigenvalue weighted by Crippen LogP contribution is 2.09. The molecule has 1 heterocycles. The largest absolute Gasteiger partial charge is 0.370 e. The fourth-order valence-corrected chi connectivity index (χ4v) is 2.66. The Bertz CT molecular complexity index is 545. The standard InChI is InChI=1S/C17H25FN4O.HI/c18-15-7-5-6-14(12-15)13-16(23)20-8-9-21-17(19)22-10-3-1-2-4-11-22;/h5-7,12H,1-4,8-11,13H2,(H2,19,21)(H,20,23);1H. The quantitative estimate of drug-likeness (QED) is 0.314. The Kier molecular flexibility index (Phi) is 9.66. The number of nitrogens with zero attached hydrogens (tertiary/aromatic N) is 2. The summed E-state index contributed by atoms with van der Waals surface area (Å²) in [6, 6.07) is 6.07. The van der Waals surface area contributed by atoms with E-state index in [1.807, 2.05) is 0 Å². The van der Waals surface area contributed by atoms with Gasteiger partial charge in [0.2, 0.25) is 5.91 Å². The first-order chi connectivity index (χ1) is 11.1. The van der Waals surface area contributed by atoms with Crippen molar-refractivity contribution in [1.82, 2.24) is 10.2 Å². The van der Waals surface area contributed by atoms with E-state index < -0.39 is 0 Å². The van der Waals surface area contributed by atoms with E-state index in [4.69, 9.17) is 5.73 Å². The number of hydrogen-bond acceptors (Lipinski definition) is 2. The molecule has 0 unspecified atom stereocenters. The van der Waals surface area contributed by atoms with Crippen LogP contribution in [0.4, 0.5) is 4.39 Å². The van der Waals surface area contributed by atoms with E-state index in [-0.39, 0.29) is 42.1 Å². The van der Waals surface area contributed by atoms with Gasteiger partial charge in [0.25, 0.3) is 0 Å². The second-order valence-corrected chi connectivity index (χ2v) is 5.80. The molecule has 1 aromatic rings. The van der Waals surface area contributed by atoms with Crippen LogP contribution in [0.3, 0.4) is 0 Å².